The zero-order valence-electron chi connectivity index (χ0n) is 19.4. The summed E-state index contributed by atoms with van der Waals surface area (Å²) in [6.45, 7) is 0.938. The fourth-order valence-electron chi connectivity index (χ4n) is 4.42. The first-order valence-corrected chi connectivity index (χ1v) is 11.8. The summed E-state index contributed by atoms with van der Waals surface area (Å²) in [6, 6.07) is 14.7. The highest BCUT2D eigenvalue weighted by Gasteiger charge is 2.66. The van der Waals surface area contributed by atoms with E-state index < -0.39 is 29.4 Å². The molecule has 7 nitrogen and oxygen atoms in total. The summed E-state index contributed by atoms with van der Waals surface area (Å²) in [4.78, 5) is 13.1. The molecule has 0 radical (unpaired) electrons. The van der Waals surface area contributed by atoms with Gasteiger partial charge in [-0.25, -0.2) is 9.80 Å². The van der Waals surface area contributed by atoms with Gasteiger partial charge in [-0.3, -0.25) is 5.43 Å². The second kappa shape index (κ2) is 8.73. The zero-order valence-corrected chi connectivity index (χ0v) is 20.1. The molecule has 6 rings (SSSR count). The van der Waals surface area contributed by atoms with Crippen molar-refractivity contribution in [2.75, 3.05) is 25.1 Å². The van der Waals surface area contributed by atoms with Gasteiger partial charge in [0.2, 0.25) is 0 Å². The number of hydrogen-bond acceptors (Lipinski definition) is 5. The number of ether oxygens (including phenoxy) is 3. The van der Waals surface area contributed by atoms with Crippen molar-refractivity contribution in [2.24, 2.45) is 0 Å². The molecule has 12 heteroatoms. The quantitative estimate of drug-likeness (QED) is 0.387. The van der Waals surface area contributed by atoms with Crippen molar-refractivity contribution >= 4 is 34.6 Å². The molecular formula is C26H18ClF4N3O4. The third-order valence-corrected chi connectivity index (χ3v) is 6.56. The number of nitrogens with one attached hydrogen (secondary N) is 2. The molecule has 3 aliphatic heterocycles. The average molecular weight is 548 g/mol. The van der Waals surface area contributed by atoms with Gasteiger partial charge in [0.15, 0.2) is 11.5 Å². The fraction of sp³-hybridized carbons (Fsp3) is 0.192. The molecule has 3 aromatic rings. The van der Waals surface area contributed by atoms with Crippen LogP contribution in [-0.2, 0) is 5.92 Å². The second-order valence-electron chi connectivity index (χ2n) is 8.75. The maximum atomic E-state index is 14.1. The number of carbonyl (C=O) groups is 1. The number of fused-ring (bicyclic) bond motifs is 2. The van der Waals surface area contributed by atoms with Crippen LogP contribution in [-0.4, -0.2) is 36.9 Å². The van der Waals surface area contributed by atoms with Crippen LogP contribution in [0.25, 0.3) is 11.3 Å². The van der Waals surface area contributed by atoms with E-state index in [9.17, 15) is 22.4 Å². The number of amides is 2. The fourth-order valence-corrected chi connectivity index (χ4v) is 4.54. The minimum Gasteiger partial charge on any atom is -0.486 e. The Morgan fingerprint density at radius 2 is 1.58 bits per heavy atom. The van der Waals surface area contributed by atoms with E-state index in [-0.39, 0.29) is 12.2 Å². The Bertz CT molecular complexity index is 1480. The van der Waals surface area contributed by atoms with Crippen LogP contribution in [0.5, 0.6) is 17.2 Å². The number of rotatable bonds is 3. The molecule has 2 amide bonds. The van der Waals surface area contributed by atoms with E-state index in [2.05, 4.69) is 15.5 Å². The highest BCUT2D eigenvalue weighted by molar-refractivity contribution is 6.30. The van der Waals surface area contributed by atoms with Crippen LogP contribution >= 0.6 is 11.6 Å². The first-order valence-electron chi connectivity index (χ1n) is 11.5. The number of nitrogens with zero attached hydrogens (tertiary/aromatic N) is 1. The lowest BCUT2D eigenvalue weighted by molar-refractivity contribution is -0.296. The van der Waals surface area contributed by atoms with Crippen molar-refractivity contribution in [1.29, 1.82) is 0 Å². The lowest BCUT2D eigenvalue weighted by atomic mass is 10.00. The lowest BCUT2D eigenvalue weighted by Gasteiger charge is -2.20. The molecule has 0 saturated heterocycles. The van der Waals surface area contributed by atoms with Crippen molar-refractivity contribution in [3.05, 3.63) is 82.4 Å². The minimum absolute atomic E-state index is 0.0890. The largest absolute Gasteiger partial charge is 0.486 e. The lowest BCUT2D eigenvalue weighted by Crippen LogP contribution is -2.40. The topological polar surface area (TPSA) is 72.1 Å². The van der Waals surface area contributed by atoms with Gasteiger partial charge in [0.25, 0.3) is 0 Å². The van der Waals surface area contributed by atoms with Crippen LogP contribution in [0.2, 0.25) is 5.02 Å². The third-order valence-electron chi connectivity index (χ3n) is 6.31. The molecule has 0 aliphatic carbocycles. The normalized spacial score (nSPS) is 18.5. The Morgan fingerprint density at radius 3 is 2.34 bits per heavy atom. The van der Waals surface area contributed by atoms with E-state index in [1.807, 2.05) is 12.1 Å². The minimum atomic E-state index is -4.68. The first-order chi connectivity index (χ1) is 18.1. The molecular weight excluding hydrogens is 530 g/mol. The number of hydrogen-bond donors (Lipinski definition) is 2. The van der Waals surface area contributed by atoms with Gasteiger partial charge in [-0.15, -0.1) is 0 Å². The SMILES string of the molecule is O=C(Nc1ccc2c(c1)C(F)(F)C(F)(F)O2)N1CC(c2ccc3c(c2)OCCO3)=C(c2ccc(Cl)cc2)N1. The Labute approximate surface area is 218 Å². The van der Waals surface area contributed by atoms with Crippen LogP contribution in [0.3, 0.4) is 0 Å². The second-order valence-corrected chi connectivity index (χ2v) is 9.19. The molecule has 196 valence electrons. The number of benzene rings is 3. The van der Waals surface area contributed by atoms with Crippen LogP contribution in [0.1, 0.15) is 16.7 Å². The summed E-state index contributed by atoms with van der Waals surface area (Å²) >= 11 is 6.05. The van der Waals surface area contributed by atoms with E-state index >= 15 is 0 Å². The van der Waals surface area contributed by atoms with Gasteiger partial charge in [0, 0.05) is 16.3 Å². The van der Waals surface area contributed by atoms with Crippen LogP contribution < -0.4 is 25.0 Å². The van der Waals surface area contributed by atoms with Gasteiger partial charge in [0.05, 0.1) is 17.8 Å². The monoisotopic (exact) mass is 547 g/mol. The van der Waals surface area contributed by atoms with Crippen molar-refractivity contribution in [2.45, 2.75) is 12.0 Å². The number of hydrazine groups is 1. The van der Waals surface area contributed by atoms with Crippen molar-refractivity contribution in [1.82, 2.24) is 10.4 Å². The Kier molecular flexibility index (Phi) is 5.56. The number of alkyl halides is 4. The van der Waals surface area contributed by atoms with Gasteiger partial charge < -0.3 is 19.5 Å². The molecule has 2 N–H and O–H groups in total. The maximum Gasteiger partial charge on any atom is 0.469 e. The number of urea groups is 1. The van der Waals surface area contributed by atoms with E-state index in [0.29, 0.717) is 35.4 Å². The highest BCUT2D eigenvalue weighted by atomic mass is 35.5. The summed E-state index contributed by atoms with van der Waals surface area (Å²) in [5, 5.41) is 4.26. The number of carbonyl (C=O) groups excluding carboxylic acids is 1. The summed E-state index contributed by atoms with van der Waals surface area (Å²) < 4.78 is 70.8. The van der Waals surface area contributed by atoms with E-state index in [1.165, 1.54) is 11.1 Å². The van der Waals surface area contributed by atoms with Gasteiger partial charge >= 0.3 is 18.1 Å². The van der Waals surface area contributed by atoms with Crippen LogP contribution in [0.15, 0.2) is 60.7 Å². The molecule has 0 unspecified atom stereocenters. The average Bonchev–Trinajstić information content (AvgIpc) is 3.41. The molecule has 0 spiro atoms. The number of halogens is 5. The predicted octanol–water partition coefficient (Wildman–Crippen LogP) is 6.11. The Hall–Kier alpha value is -4.12. The van der Waals surface area contributed by atoms with Crippen LogP contribution in [0, 0.1) is 0 Å². The smallest absolute Gasteiger partial charge is 0.469 e. The third kappa shape index (κ3) is 4.03. The molecule has 3 aromatic carbocycles. The van der Waals surface area contributed by atoms with Crippen molar-refractivity contribution in [3.8, 4) is 17.2 Å². The number of anilines is 1. The van der Waals surface area contributed by atoms with Gasteiger partial charge in [-0.2, -0.15) is 17.6 Å². The molecule has 38 heavy (non-hydrogen) atoms. The molecule has 0 atom stereocenters. The van der Waals surface area contributed by atoms with Crippen molar-refractivity contribution < 1.29 is 36.6 Å². The molecule has 3 aliphatic rings. The summed E-state index contributed by atoms with van der Waals surface area (Å²) in [6.07, 6.45) is -4.68. The predicted molar refractivity (Wildman–Crippen MR) is 130 cm³/mol. The van der Waals surface area contributed by atoms with Gasteiger partial charge in [0.1, 0.15) is 19.0 Å². The van der Waals surface area contributed by atoms with E-state index in [0.717, 1.165) is 28.8 Å². The van der Waals surface area contributed by atoms with Gasteiger partial charge in [-0.05, 0) is 53.6 Å². The molecule has 3 heterocycles. The maximum absolute atomic E-state index is 14.1. The van der Waals surface area contributed by atoms with Gasteiger partial charge in [-0.1, -0.05) is 29.8 Å². The van der Waals surface area contributed by atoms with E-state index in [4.69, 9.17) is 21.1 Å². The molecule has 0 aromatic heterocycles. The summed E-state index contributed by atoms with van der Waals surface area (Å²) in [5.41, 5.74) is 4.80. The first kappa shape index (κ1) is 24.2. The van der Waals surface area contributed by atoms with Crippen molar-refractivity contribution in [3.63, 3.8) is 0 Å². The molecule has 0 saturated carbocycles. The Balaban J connectivity index is 1.28. The summed E-state index contributed by atoms with van der Waals surface area (Å²) in [5.74, 6) is -4.01. The summed E-state index contributed by atoms with van der Waals surface area (Å²) in [7, 11) is 0. The molecule has 0 fully saturated rings. The zero-order chi connectivity index (χ0) is 26.7. The van der Waals surface area contributed by atoms with Crippen LogP contribution in [0.4, 0.5) is 28.0 Å². The standard InChI is InChI=1S/C26H18ClF4N3O4/c27-16-4-1-14(2-5-16)23-18(15-3-7-21-22(11-15)37-10-9-36-21)13-34(33-23)24(35)32-17-6-8-20-19(12-17)25(28,29)26(30,31)38-20/h1-8,11-12,33H,9-10,13H2,(H,32,35). The van der Waals surface area contributed by atoms with E-state index in [1.54, 1.807) is 30.3 Å². The Morgan fingerprint density at radius 1 is 0.895 bits per heavy atom. The molecule has 0 bridgehead atoms. The highest BCUT2D eigenvalue weighted by Crippen LogP contribution is 2.53.